The first-order chi connectivity index (χ1) is 9.78. The van der Waals surface area contributed by atoms with Crippen molar-refractivity contribution in [1.82, 2.24) is 10.2 Å². The van der Waals surface area contributed by atoms with Gasteiger partial charge >= 0.3 is 12.0 Å². The van der Waals surface area contributed by atoms with Crippen LogP contribution in [0.3, 0.4) is 0 Å². The van der Waals surface area contributed by atoms with Crippen LogP contribution in [0.15, 0.2) is 0 Å². The van der Waals surface area contributed by atoms with Gasteiger partial charge in [-0.3, -0.25) is 4.79 Å². The van der Waals surface area contributed by atoms with Crippen molar-refractivity contribution in [2.45, 2.75) is 83.2 Å². The molecule has 1 aliphatic carbocycles. The summed E-state index contributed by atoms with van der Waals surface area (Å²) >= 11 is 0. The Morgan fingerprint density at radius 1 is 1.19 bits per heavy atom. The van der Waals surface area contributed by atoms with Crippen LogP contribution in [-0.2, 0) is 4.79 Å². The van der Waals surface area contributed by atoms with Crippen molar-refractivity contribution in [3.8, 4) is 0 Å². The van der Waals surface area contributed by atoms with Crippen LogP contribution in [0.4, 0.5) is 4.79 Å². The number of hydrogen-bond donors (Lipinski definition) is 2. The Morgan fingerprint density at radius 2 is 1.71 bits per heavy atom. The maximum absolute atomic E-state index is 12.6. The Kier molecular flexibility index (Phi) is 6.05. The number of carbonyl (C=O) groups excluding carboxylic acids is 1. The Morgan fingerprint density at radius 3 is 2.14 bits per heavy atom. The van der Waals surface area contributed by atoms with E-state index in [0.717, 1.165) is 44.9 Å². The maximum atomic E-state index is 12.6. The number of carbonyl (C=O) groups is 2. The van der Waals surface area contributed by atoms with Crippen LogP contribution in [0.2, 0.25) is 0 Å². The molecule has 21 heavy (non-hydrogen) atoms. The molecule has 2 amide bonds. The molecule has 2 N–H and O–H groups in total. The van der Waals surface area contributed by atoms with Gasteiger partial charge in [-0.2, -0.15) is 0 Å². The molecule has 0 saturated heterocycles. The van der Waals surface area contributed by atoms with Gasteiger partial charge in [-0.15, -0.1) is 0 Å². The van der Waals surface area contributed by atoms with Crippen LogP contribution >= 0.6 is 0 Å². The lowest BCUT2D eigenvalue weighted by atomic mass is 9.78. The fourth-order valence-electron chi connectivity index (χ4n) is 3.11. The normalized spacial score (nSPS) is 18.1. The first-order valence-electron chi connectivity index (χ1n) is 8.06. The summed E-state index contributed by atoms with van der Waals surface area (Å²) in [6.45, 7) is 6.14. The van der Waals surface area contributed by atoms with E-state index in [1.807, 2.05) is 6.92 Å². The van der Waals surface area contributed by atoms with E-state index >= 15 is 0 Å². The first-order valence-corrected chi connectivity index (χ1v) is 8.06. The van der Waals surface area contributed by atoms with Crippen LogP contribution in [0.5, 0.6) is 0 Å². The Hall–Kier alpha value is -1.26. The summed E-state index contributed by atoms with van der Waals surface area (Å²) < 4.78 is 0. The van der Waals surface area contributed by atoms with Crippen molar-refractivity contribution in [2.24, 2.45) is 0 Å². The lowest BCUT2D eigenvalue weighted by Crippen LogP contribution is -2.58. The molecule has 0 unspecified atom stereocenters. The largest absolute Gasteiger partial charge is 0.481 e. The molecule has 0 aromatic rings. The molecule has 0 aliphatic heterocycles. The molecule has 0 aromatic heterocycles. The zero-order chi connectivity index (χ0) is 16.1. The minimum Gasteiger partial charge on any atom is -0.481 e. The molecule has 0 spiro atoms. The zero-order valence-corrected chi connectivity index (χ0v) is 13.9. The van der Waals surface area contributed by atoms with Crippen molar-refractivity contribution in [2.75, 3.05) is 7.05 Å². The van der Waals surface area contributed by atoms with E-state index in [-0.39, 0.29) is 18.0 Å². The fourth-order valence-corrected chi connectivity index (χ4v) is 3.11. The van der Waals surface area contributed by atoms with Crippen molar-refractivity contribution in [3.05, 3.63) is 0 Å². The highest BCUT2D eigenvalue weighted by Crippen LogP contribution is 2.36. The van der Waals surface area contributed by atoms with Crippen molar-refractivity contribution >= 4 is 12.0 Å². The summed E-state index contributed by atoms with van der Waals surface area (Å²) in [5.74, 6) is -0.828. The molecule has 122 valence electrons. The number of nitrogens with one attached hydrogen (secondary N) is 1. The third-order valence-electron chi connectivity index (χ3n) is 5.25. The lowest BCUT2D eigenvalue weighted by molar-refractivity contribution is -0.140. The van der Waals surface area contributed by atoms with E-state index in [1.54, 1.807) is 11.9 Å². The standard InChI is InChI=1S/C16H30N2O3/c1-5-15(3,6-2)17-14(21)18(4)16(12-13(19)20)10-8-7-9-11-16/h5-12H2,1-4H3,(H,17,21)(H,19,20). The molecule has 1 aliphatic rings. The van der Waals surface area contributed by atoms with Gasteiger partial charge in [0.05, 0.1) is 12.0 Å². The molecular weight excluding hydrogens is 268 g/mol. The number of rotatable bonds is 6. The van der Waals surface area contributed by atoms with E-state index in [0.29, 0.717) is 0 Å². The van der Waals surface area contributed by atoms with E-state index < -0.39 is 11.5 Å². The predicted molar refractivity (Wildman–Crippen MR) is 83.4 cm³/mol. The first kappa shape index (κ1) is 17.8. The molecule has 1 rings (SSSR count). The minimum atomic E-state index is -0.828. The summed E-state index contributed by atoms with van der Waals surface area (Å²) in [4.78, 5) is 25.5. The summed E-state index contributed by atoms with van der Waals surface area (Å²) in [5.41, 5.74) is -0.763. The molecule has 5 heteroatoms. The average molecular weight is 298 g/mol. The van der Waals surface area contributed by atoms with E-state index in [9.17, 15) is 14.7 Å². The number of hydrogen-bond acceptors (Lipinski definition) is 2. The van der Waals surface area contributed by atoms with Crippen LogP contribution in [0.1, 0.15) is 72.1 Å². The summed E-state index contributed by atoms with van der Waals surface area (Å²) in [6.07, 6.45) is 6.40. The molecule has 1 fully saturated rings. The van der Waals surface area contributed by atoms with Gasteiger partial charge in [0, 0.05) is 12.6 Å². The Bertz CT molecular complexity index is 372. The van der Waals surface area contributed by atoms with Crippen molar-refractivity contribution in [1.29, 1.82) is 0 Å². The maximum Gasteiger partial charge on any atom is 0.318 e. The SMILES string of the molecule is CCC(C)(CC)NC(=O)N(C)C1(CC(=O)O)CCCCC1. The predicted octanol–water partition coefficient (Wildman–Crippen LogP) is 3.38. The Balaban J connectivity index is 2.87. The number of nitrogens with zero attached hydrogens (tertiary/aromatic N) is 1. The quantitative estimate of drug-likeness (QED) is 0.789. The molecule has 0 bridgehead atoms. The van der Waals surface area contributed by atoms with Gasteiger partial charge in [-0.25, -0.2) is 4.79 Å². The highest BCUT2D eigenvalue weighted by atomic mass is 16.4. The van der Waals surface area contributed by atoms with Crippen molar-refractivity contribution in [3.63, 3.8) is 0 Å². The molecule has 1 saturated carbocycles. The average Bonchev–Trinajstić information content (AvgIpc) is 2.46. The second-order valence-corrected chi connectivity index (χ2v) is 6.61. The van der Waals surface area contributed by atoms with Gasteiger partial charge in [-0.05, 0) is 32.6 Å². The monoisotopic (exact) mass is 298 g/mol. The number of aliphatic carboxylic acids is 1. The number of urea groups is 1. The molecule has 0 radical (unpaired) electrons. The number of amides is 2. The van der Waals surface area contributed by atoms with Crippen LogP contribution in [0.25, 0.3) is 0 Å². The number of carboxylic acids is 1. The van der Waals surface area contributed by atoms with Gasteiger partial charge in [0.15, 0.2) is 0 Å². The smallest absolute Gasteiger partial charge is 0.318 e. The third kappa shape index (κ3) is 4.35. The highest BCUT2D eigenvalue weighted by Gasteiger charge is 2.41. The molecular formula is C16H30N2O3. The van der Waals surface area contributed by atoms with Crippen LogP contribution in [0, 0.1) is 0 Å². The third-order valence-corrected chi connectivity index (χ3v) is 5.25. The summed E-state index contributed by atoms with van der Waals surface area (Å²) in [5, 5.41) is 12.3. The van der Waals surface area contributed by atoms with Gasteiger partial charge in [-0.1, -0.05) is 33.1 Å². The summed E-state index contributed by atoms with van der Waals surface area (Å²) in [6, 6.07) is -0.149. The van der Waals surface area contributed by atoms with Crippen LogP contribution in [-0.4, -0.2) is 40.1 Å². The lowest BCUT2D eigenvalue weighted by Gasteiger charge is -2.45. The van der Waals surface area contributed by atoms with Gasteiger partial charge in [0.25, 0.3) is 0 Å². The number of carboxylic acid groups (broad SMARTS) is 1. The zero-order valence-electron chi connectivity index (χ0n) is 13.9. The highest BCUT2D eigenvalue weighted by molar-refractivity contribution is 5.77. The fraction of sp³-hybridized carbons (Fsp3) is 0.875. The van der Waals surface area contributed by atoms with E-state index in [2.05, 4.69) is 19.2 Å². The van der Waals surface area contributed by atoms with Gasteiger partial charge in [0.1, 0.15) is 0 Å². The Labute approximate surface area is 128 Å². The second kappa shape index (κ2) is 7.14. The second-order valence-electron chi connectivity index (χ2n) is 6.61. The molecule has 5 nitrogen and oxygen atoms in total. The van der Waals surface area contributed by atoms with E-state index in [1.165, 1.54) is 0 Å². The molecule has 0 aromatic carbocycles. The topological polar surface area (TPSA) is 69.6 Å². The minimum absolute atomic E-state index is 0.0336. The molecule has 0 atom stereocenters. The summed E-state index contributed by atoms with van der Waals surface area (Å²) in [7, 11) is 1.75. The van der Waals surface area contributed by atoms with Gasteiger partial charge in [0.2, 0.25) is 0 Å². The van der Waals surface area contributed by atoms with E-state index in [4.69, 9.17) is 0 Å². The molecule has 0 heterocycles. The van der Waals surface area contributed by atoms with Crippen molar-refractivity contribution < 1.29 is 14.7 Å². The van der Waals surface area contributed by atoms with Gasteiger partial charge < -0.3 is 15.3 Å². The van der Waals surface area contributed by atoms with Crippen LogP contribution < -0.4 is 5.32 Å².